The van der Waals surface area contributed by atoms with Crippen molar-refractivity contribution in [1.29, 1.82) is 0 Å². The van der Waals surface area contributed by atoms with Crippen molar-refractivity contribution in [3.8, 4) is 11.5 Å². The Hall–Kier alpha value is -1.81. The van der Waals surface area contributed by atoms with Gasteiger partial charge < -0.3 is 9.47 Å². The predicted octanol–water partition coefficient (Wildman–Crippen LogP) is 4.59. The second-order valence-corrected chi connectivity index (χ2v) is 6.60. The van der Waals surface area contributed by atoms with Gasteiger partial charge in [0.15, 0.2) is 5.15 Å². The Morgan fingerprint density at radius 1 is 1.04 bits per heavy atom. The summed E-state index contributed by atoms with van der Waals surface area (Å²) in [5, 5.41) is 9.00. The van der Waals surface area contributed by atoms with E-state index in [2.05, 4.69) is 16.3 Å². The number of methoxy groups -OCH3 is 2. The molecule has 0 bridgehead atoms. The van der Waals surface area contributed by atoms with Crippen LogP contribution in [0.25, 0.3) is 0 Å². The zero-order valence-electron chi connectivity index (χ0n) is 14.2. The summed E-state index contributed by atoms with van der Waals surface area (Å²) in [7, 11) is 3.33. The SMILES string of the molecule is COc1ccc(CCc2cc(C3CCCC3)c(Cl)nn2)c(OC)c1. The smallest absolute Gasteiger partial charge is 0.155 e. The van der Waals surface area contributed by atoms with Gasteiger partial charge in [-0.3, -0.25) is 0 Å². The summed E-state index contributed by atoms with van der Waals surface area (Å²) >= 11 is 6.27. The molecule has 0 unspecified atom stereocenters. The molecule has 1 saturated carbocycles. The minimum absolute atomic E-state index is 0.544. The van der Waals surface area contributed by atoms with Crippen molar-refractivity contribution < 1.29 is 9.47 Å². The van der Waals surface area contributed by atoms with E-state index in [4.69, 9.17) is 21.1 Å². The fourth-order valence-corrected chi connectivity index (χ4v) is 3.65. The molecule has 0 N–H and O–H groups in total. The van der Waals surface area contributed by atoms with Crippen molar-refractivity contribution in [2.45, 2.75) is 44.4 Å². The molecule has 5 heteroatoms. The molecule has 1 aliphatic rings. The Labute approximate surface area is 148 Å². The van der Waals surface area contributed by atoms with Gasteiger partial charge in [-0.25, -0.2) is 0 Å². The van der Waals surface area contributed by atoms with Crippen LogP contribution in [0.15, 0.2) is 24.3 Å². The number of ether oxygens (including phenoxy) is 2. The molecule has 1 aliphatic carbocycles. The average molecular weight is 347 g/mol. The first-order chi connectivity index (χ1) is 11.7. The van der Waals surface area contributed by atoms with Gasteiger partial charge in [0.1, 0.15) is 11.5 Å². The highest BCUT2D eigenvalue weighted by Crippen LogP contribution is 2.37. The molecule has 0 aliphatic heterocycles. The number of halogens is 1. The van der Waals surface area contributed by atoms with Crippen LogP contribution in [0, 0.1) is 0 Å². The number of rotatable bonds is 6. The minimum Gasteiger partial charge on any atom is -0.497 e. The summed E-state index contributed by atoms with van der Waals surface area (Å²) in [5.74, 6) is 2.18. The summed E-state index contributed by atoms with van der Waals surface area (Å²) in [5.41, 5.74) is 3.29. The molecule has 128 valence electrons. The number of aryl methyl sites for hydroxylation is 2. The molecular weight excluding hydrogens is 324 g/mol. The van der Waals surface area contributed by atoms with E-state index in [1.165, 1.54) is 31.2 Å². The molecule has 24 heavy (non-hydrogen) atoms. The summed E-state index contributed by atoms with van der Waals surface area (Å²) in [6.45, 7) is 0. The average Bonchev–Trinajstić information content (AvgIpc) is 3.15. The maximum atomic E-state index is 6.27. The first-order valence-electron chi connectivity index (χ1n) is 8.44. The van der Waals surface area contributed by atoms with Gasteiger partial charge in [-0.1, -0.05) is 30.5 Å². The monoisotopic (exact) mass is 346 g/mol. The van der Waals surface area contributed by atoms with E-state index in [0.717, 1.165) is 35.6 Å². The van der Waals surface area contributed by atoms with Crippen LogP contribution in [0.2, 0.25) is 5.15 Å². The van der Waals surface area contributed by atoms with Crippen LogP contribution in [0.5, 0.6) is 11.5 Å². The van der Waals surface area contributed by atoms with Crippen LogP contribution in [-0.4, -0.2) is 24.4 Å². The van der Waals surface area contributed by atoms with Crippen LogP contribution >= 0.6 is 11.6 Å². The highest BCUT2D eigenvalue weighted by molar-refractivity contribution is 6.30. The second-order valence-electron chi connectivity index (χ2n) is 6.24. The molecule has 0 spiro atoms. The third kappa shape index (κ3) is 3.81. The maximum absolute atomic E-state index is 6.27. The number of benzene rings is 1. The quantitative estimate of drug-likeness (QED) is 0.767. The van der Waals surface area contributed by atoms with Crippen LogP contribution in [0.4, 0.5) is 0 Å². The van der Waals surface area contributed by atoms with Crippen molar-refractivity contribution in [2.24, 2.45) is 0 Å². The third-order valence-electron chi connectivity index (χ3n) is 4.77. The number of hydrogen-bond acceptors (Lipinski definition) is 4. The van der Waals surface area contributed by atoms with Crippen LogP contribution < -0.4 is 9.47 Å². The molecule has 0 amide bonds. The standard InChI is InChI=1S/C19H23ClN2O2/c1-23-16-10-8-14(18(12-16)24-2)7-9-15-11-17(19(20)22-21-15)13-5-3-4-6-13/h8,10-13H,3-7,9H2,1-2H3. The van der Waals surface area contributed by atoms with Crippen LogP contribution in [0.3, 0.4) is 0 Å². The Balaban J connectivity index is 1.74. The fourth-order valence-electron chi connectivity index (χ4n) is 3.40. The molecule has 1 aromatic heterocycles. The third-order valence-corrected chi connectivity index (χ3v) is 5.06. The van der Waals surface area contributed by atoms with Crippen molar-refractivity contribution in [3.05, 3.63) is 46.2 Å². The minimum atomic E-state index is 0.544. The van der Waals surface area contributed by atoms with Gasteiger partial charge in [-0.05, 0) is 54.9 Å². The lowest BCUT2D eigenvalue weighted by Crippen LogP contribution is -2.03. The van der Waals surface area contributed by atoms with Crippen molar-refractivity contribution >= 4 is 11.6 Å². The lowest BCUT2D eigenvalue weighted by atomic mass is 9.98. The summed E-state index contributed by atoms with van der Waals surface area (Å²) in [6.07, 6.45) is 6.62. The molecule has 0 radical (unpaired) electrons. The summed E-state index contributed by atoms with van der Waals surface area (Å²) in [4.78, 5) is 0. The number of hydrogen-bond donors (Lipinski definition) is 0. The molecular formula is C19H23ClN2O2. The van der Waals surface area contributed by atoms with Crippen molar-refractivity contribution in [1.82, 2.24) is 10.2 Å². The van der Waals surface area contributed by atoms with Crippen molar-refractivity contribution in [2.75, 3.05) is 14.2 Å². The highest BCUT2D eigenvalue weighted by atomic mass is 35.5. The van der Waals surface area contributed by atoms with E-state index in [1.54, 1.807) is 14.2 Å². The van der Waals surface area contributed by atoms with Crippen LogP contribution in [0.1, 0.15) is 48.4 Å². The van der Waals surface area contributed by atoms with Crippen LogP contribution in [-0.2, 0) is 12.8 Å². The highest BCUT2D eigenvalue weighted by Gasteiger charge is 2.21. The molecule has 3 rings (SSSR count). The van der Waals surface area contributed by atoms with Crippen molar-refractivity contribution in [3.63, 3.8) is 0 Å². The second kappa shape index (κ2) is 7.84. The molecule has 1 fully saturated rings. The molecule has 0 atom stereocenters. The first kappa shape index (κ1) is 17.0. The number of nitrogens with zero attached hydrogens (tertiary/aromatic N) is 2. The Kier molecular flexibility index (Phi) is 5.56. The molecule has 1 aromatic carbocycles. The molecule has 2 aromatic rings. The van der Waals surface area contributed by atoms with E-state index < -0.39 is 0 Å². The summed E-state index contributed by atoms with van der Waals surface area (Å²) in [6, 6.07) is 8.04. The van der Waals surface area contributed by atoms with Gasteiger partial charge in [0.05, 0.1) is 19.9 Å². The van der Waals surface area contributed by atoms with Gasteiger partial charge in [0.25, 0.3) is 0 Å². The Morgan fingerprint density at radius 3 is 2.54 bits per heavy atom. The predicted molar refractivity (Wildman–Crippen MR) is 95.2 cm³/mol. The van der Waals surface area contributed by atoms with E-state index in [1.807, 2.05) is 18.2 Å². The zero-order chi connectivity index (χ0) is 16.9. The van der Waals surface area contributed by atoms with Gasteiger partial charge in [-0.2, -0.15) is 5.10 Å². The zero-order valence-corrected chi connectivity index (χ0v) is 15.0. The first-order valence-corrected chi connectivity index (χ1v) is 8.82. The normalized spacial score (nSPS) is 14.8. The van der Waals surface area contributed by atoms with Gasteiger partial charge in [0.2, 0.25) is 0 Å². The lowest BCUT2D eigenvalue weighted by molar-refractivity contribution is 0.391. The lowest BCUT2D eigenvalue weighted by Gasteiger charge is -2.13. The Morgan fingerprint density at radius 2 is 1.83 bits per heavy atom. The molecule has 4 nitrogen and oxygen atoms in total. The van der Waals surface area contributed by atoms with E-state index in [9.17, 15) is 0 Å². The summed E-state index contributed by atoms with van der Waals surface area (Å²) < 4.78 is 10.7. The molecule has 1 heterocycles. The van der Waals surface area contributed by atoms with E-state index >= 15 is 0 Å². The van der Waals surface area contributed by atoms with E-state index in [-0.39, 0.29) is 0 Å². The largest absolute Gasteiger partial charge is 0.497 e. The Bertz CT molecular complexity index is 700. The maximum Gasteiger partial charge on any atom is 0.155 e. The van der Waals surface area contributed by atoms with Gasteiger partial charge in [-0.15, -0.1) is 5.10 Å². The van der Waals surface area contributed by atoms with E-state index in [0.29, 0.717) is 11.1 Å². The topological polar surface area (TPSA) is 44.2 Å². The number of aromatic nitrogens is 2. The van der Waals surface area contributed by atoms with Gasteiger partial charge in [0, 0.05) is 6.07 Å². The van der Waals surface area contributed by atoms with Gasteiger partial charge >= 0.3 is 0 Å². The molecule has 0 saturated heterocycles. The fraction of sp³-hybridized carbons (Fsp3) is 0.474.